The van der Waals surface area contributed by atoms with Crippen LogP contribution in [0.5, 0.6) is 0 Å². The van der Waals surface area contributed by atoms with Gasteiger partial charge in [-0.3, -0.25) is 9.36 Å². The third-order valence-electron chi connectivity index (χ3n) is 5.50. The van der Waals surface area contributed by atoms with E-state index in [9.17, 15) is 4.79 Å². The maximum Gasteiger partial charge on any atom is 0.260 e. The summed E-state index contributed by atoms with van der Waals surface area (Å²) in [6, 6.07) is 7.56. The number of aromatic nitrogens is 3. The van der Waals surface area contributed by atoms with Crippen molar-refractivity contribution in [2.24, 2.45) is 0 Å². The van der Waals surface area contributed by atoms with Crippen LogP contribution in [0.15, 0.2) is 30.6 Å². The van der Waals surface area contributed by atoms with Crippen LogP contribution < -0.4 is 5.32 Å². The zero-order chi connectivity index (χ0) is 20.6. The minimum Gasteiger partial charge on any atom is -0.381 e. The molecule has 152 valence electrons. The second kappa shape index (κ2) is 7.74. The highest BCUT2D eigenvalue weighted by Gasteiger charge is 2.43. The fourth-order valence-corrected chi connectivity index (χ4v) is 4.04. The molecule has 1 aliphatic heterocycles. The Kier molecular flexibility index (Phi) is 5.29. The molecule has 0 bridgehead atoms. The van der Waals surface area contributed by atoms with Gasteiger partial charge in [-0.15, -0.1) is 0 Å². The topological polar surface area (TPSA) is 78.3 Å². The fourth-order valence-electron chi connectivity index (χ4n) is 3.91. The lowest BCUT2D eigenvalue weighted by Gasteiger charge is -2.26. The number of nitrogens with one attached hydrogen (secondary N) is 1. The van der Waals surface area contributed by atoms with Gasteiger partial charge in [0.05, 0.1) is 12.0 Å². The van der Waals surface area contributed by atoms with Crippen molar-refractivity contribution in [1.82, 2.24) is 14.5 Å². The summed E-state index contributed by atoms with van der Waals surface area (Å²) in [5.74, 6) is 0.229. The Labute approximate surface area is 174 Å². The van der Waals surface area contributed by atoms with Crippen LogP contribution in [0.2, 0.25) is 5.02 Å². The SMILES string of the molecule is COCC1(C(=O)Nc2ncnc3c2c(C)c(C)n3-c2ccc(Cl)cc2)CCCO1. The first kappa shape index (κ1) is 19.8. The van der Waals surface area contributed by atoms with Crippen LogP contribution in [0.3, 0.4) is 0 Å². The molecular formula is C21H23ClN4O3. The van der Waals surface area contributed by atoms with Crippen LogP contribution in [-0.2, 0) is 14.3 Å². The van der Waals surface area contributed by atoms with Gasteiger partial charge in [-0.25, -0.2) is 9.97 Å². The number of nitrogens with zero attached hydrogens (tertiary/aromatic N) is 3. The van der Waals surface area contributed by atoms with Crippen molar-refractivity contribution in [3.8, 4) is 5.69 Å². The third kappa shape index (κ3) is 3.39. The number of methoxy groups -OCH3 is 1. The number of amides is 1. The van der Waals surface area contributed by atoms with Crippen LogP contribution in [0.4, 0.5) is 5.82 Å². The van der Waals surface area contributed by atoms with Crippen LogP contribution in [0.1, 0.15) is 24.1 Å². The number of fused-ring (bicyclic) bond motifs is 1. The van der Waals surface area contributed by atoms with Crippen molar-refractivity contribution in [2.45, 2.75) is 32.3 Å². The Morgan fingerprint density at radius 3 is 2.72 bits per heavy atom. The second-order valence-electron chi connectivity index (χ2n) is 7.28. The Morgan fingerprint density at radius 1 is 1.31 bits per heavy atom. The van der Waals surface area contributed by atoms with E-state index < -0.39 is 5.60 Å². The Balaban J connectivity index is 1.78. The van der Waals surface area contributed by atoms with Crippen molar-refractivity contribution in [2.75, 3.05) is 25.6 Å². The van der Waals surface area contributed by atoms with Gasteiger partial charge >= 0.3 is 0 Å². The lowest BCUT2D eigenvalue weighted by atomic mass is 10.00. The van der Waals surface area contributed by atoms with Crippen molar-refractivity contribution < 1.29 is 14.3 Å². The Bertz CT molecular complexity index is 1060. The van der Waals surface area contributed by atoms with Gasteiger partial charge in [0.15, 0.2) is 11.2 Å². The van der Waals surface area contributed by atoms with E-state index in [0.29, 0.717) is 23.9 Å². The summed E-state index contributed by atoms with van der Waals surface area (Å²) in [6.45, 7) is 4.77. The highest BCUT2D eigenvalue weighted by molar-refractivity contribution is 6.30. The lowest BCUT2D eigenvalue weighted by Crippen LogP contribution is -2.46. The molecule has 3 aromatic rings. The predicted molar refractivity (Wildman–Crippen MR) is 112 cm³/mol. The van der Waals surface area contributed by atoms with Crippen LogP contribution in [0.25, 0.3) is 16.7 Å². The monoisotopic (exact) mass is 414 g/mol. The minimum atomic E-state index is -0.978. The quantitative estimate of drug-likeness (QED) is 0.686. The smallest absolute Gasteiger partial charge is 0.260 e. The highest BCUT2D eigenvalue weighted by atomic mass is 35.5. The molecule has 1 unspecified atom stereocenters. The normalized spacial score (nSPS) is 19.0. The highest BCUT2D eigenvalue weighted by Crippen LogP contribution is 2.33. The number of hydrogen-bond acceptors (Lipinski definition) is 5. The number of rotatable bonds is 5. The van der Waals surface area contributed by atoms with Crippen LogP contribution >= 0.6 is 11.6 Å². The maximum atomic E-state index is 13.1. The molecule has 1 aliphatic rings. The van der Waals surface area contributed by atoms with Gasteiger partial charge in [-0.1, -0.05) is 11.6 Å². The molecule has 1 N–H and O–H groups in total. The number of benzene rings is 1. The molecule has 29 heavy (non-hydrogen) atoms. The second-order valence-corrected chi connectivity index (χ2v) is 7.71. The van der Waals surface area contributed by atoms with Gasteiger partial charge < -0.3 is 14.8 Å². The average molecular weight is 415 g/mol. The van der Waals surface area contributed by atoms with Crippen molar-refractivity contribution >= 4 is 34.4 Å². The van der Waals surface area contributed by atoms with Gasteiger partial charge in [0.2, 0.25) is 0 Å². The molecule has 0 spiro atoms. The standard InChI is InChI=1S/C21H23ClN4O3/c1-13-14(2)26(16-7-5-15(22)6-8-16)19-17(13)18(23-12-24-19)25-20(27)21(11-28-3)9-4-10-29-21/h5-8,12H,4,9-11H2,1-3H3,(H,23,24,25,27). The lowest BCUT2D eigenvalue weighted by molar-refractivity contribution is -0.141. The molecule has 8 heteroatoms. The van der Waals surface area contributed by atoms with Crippen molar-refractivity contribution in [3.63, 3.8) is 0 Å². The number of carbonyl (C=O) groups excluding carboxylic acids is 1. The van der Waals surface area contributed by atoms with Gasteiger partial charge in [0.1, 0.15) is 12.1 Å². The van der Waals surface area contributed by atoms with E-state index in [1.165, 1.54) is 6.33 Å². The van der Waals surface area contributed by atoms with E-state index in [-0.39, 0.29) is 12.5 Å². The largest absolute Gasteiger partial charge is 0.381 e. The summed E-state index contributed by atoms with van der Waals surface area (Å²) in [4.78, 5) is 21.9. The molecule has 0 saturated carbocycles. The molecule has 1 aromatic carbocycles. The average Bonchev–Trinajstić information content (AvgIpc) is 3.28. The summed E-state index contributed by atoms with van der Waals surface area (Å²) in [5, 5.41) is 4.44. The zero-order valence-electron chi connectivity index (χ0n) is 16.7. The summed E-state index contributed by atoms with van der Waals surface area (Å²) < 4.78 is 13.1. The molecule has 0 aliphatic carbocycles. The molecule has 0 radical (unpaired) electrons. The van der Waals surface area contributed by atoms with E-state index in [1.54, 1.807) is 7.11 Å². The van der Waals surface area contributed by atoms with Gasteiger partial charge in [0.25, 0.3) is 5.91 Å². The number of halogens is 1. The van der Waals surface area contributed by atoms with Gasteiger partial charge in [0, 0.05) is 30.1 Å². The summed E-state index contributed by atoms with van der Waals surface area (Å²) in [5.41, 5.74) is 2.70. The first-order valence-electron chi connectivity index (χ1n) is 9.50. The molecular weight excluding hydrogens is 392 g/mol. The number of hydrogen-bond donors (Lipinski definition) is 1. The summed E-state index contributed by atoms with van der Waals surface area (Å²) in [7, 11) is 1.57. The molecule has 3 heterocycles. The Morgan fingerprint density at radius 2 is 2.07 bits per heavy atom. The van der Waals surface area contributed by atoms with Crippen LogP contribution in [0, 0.1) is 13.8 Å². The number of aryl methyl sites for hydroxylation is 1. The van der Waals surface area contributed by atoms with Crippen molar-refractivity contribution in [3.05, 3.63) is 46.9 Å². The molecule has 7 nitrogen and oxygen atoms in total. The van der Waals surface area contributed by atoms with E-state index in [1.807, 2.05) is 42.7 Å². The molecule has 1 atom stereocenters. The van der Waals surface area contributed by atoms with E-state index in [4.69, 9.17) is 21.1 Å². The summed E-state index contributed by atoms with van der Waals surface area (Å²) >= 11 is 6.04. The molecule has 1 fully saturated rings. The van der Waals surface area contributed by atoms with Gasteiger partial charge in [-0.2, -0.15) is 0 Å². The molecule has 2 aromatic heterocycles. The van der Waals surface area contributed by atoms with Gasteiger partial charge in [-0.05, 0) is 56.5 Å². The molecule has 1 amide bonds. The third-order valence-corrected chi connectivity index (χ3v) is 5.76. The zero-order valence-corrected chi connectivity index (χ0v) is 17.4. The number of anilines is 1. The fraction of sp³-hybridized carbons (Fsp3) is 0.381. The molecule has 4 rings (SSSR count). The first-order valence-corrected chi connectivity index (χ1v) is 9.87. The van der Waals surface area contributed by atoms with Crippen LogP contribution in [-0.4, -0.2) is 46.4 Å². The maximum absolute atomic E-state index is 13.1. The predicted octanol–water partition coefficient (Wildman–Crippen LogP) is 3.82. The van der Waals surface area contributed by atoms with Crippen molar-refractivity contribution in [1.29, 1.82) is 0 Å². The first-order chi connectivity index (χ1) is 14.0. The van der Waals surface area contributed by atoms with E-state index in [0.717, 1.165) is 34.4 Å². The van der Waals surface area contributed by atoms with E-state index in [2.05, 4.69) is 15.3 Å². The number of carbonyl (C=O) groups is 1. The minimum absolute atomic E-state index is 0.205. The number of ether oxygens (including phenoxy) is 2. The molecule has 1 saturated heterocycles. The Hall–Kier alpha value is -2.48. The van der Waals surface area contributed by atoms with E-state index >= 15 is 0 Å². The summed E-state index contributed by atoms with van der Waals surface area (Å²) in [6.07, 6.45) is 2.90.